The molecule has 5 N–H and O–H groups in total. The number of nitrogens with zero attached hydrogens (tertiary/aromatic N) is 2. The van der Waals surface area contributed by atoms with E-state index in [0.29, 0.717) is 0 Å². The molecule has 7 nitrogen and oxygen atoms in total. The van der Waals surface area contributed by atoms with Crippen LogP contribution in [0, 0.1) is 5.82 Å². The molecule has 0 saturated heterocycles. The van der Waals surface area contributed by atoms with Crippen molar-refractivity contribution in [3.8, 4) is 17.1 Å². The molecule has 0 bridgehead atoms. The van der Waals surface area contributed by atoms with E-state index in [0.717, 1.165) is 0 Å². The Labute approximate surface area is 104 Å². The Hall–Kier alpha value is -2.90. The molecule has 0 unspecified atom stereocenters. The van der Waals surface area contributed by atoms with Gasteiger partial charge < -0.3 is 15.8 Å². The normalized spacial score (nSPS) is 11.0. The molecule has 0 fully saturated rings. The topological polar surface area (TPSA) is 121 Å². The third-order valence-electron chi connectivity index (χ3n) is 2.61. The fraction of sp³-hybridized carbons (Fsp3) is 0. The van der Waals surface area contributed by atoms with Crippen LogP contribution in [0.2, 0.25) is 0 Å². The quantitative estimate of drug-likeness (QED) is 0.515. The van der Waals surface area contributed by atoms with Crippen molar-refractivity contribution in [2.24, 2.45) is 0 Å². The van der Waals surface area contributed by atoms with Crippen molar-refractivity contribution in [1.29, 1.82) is 0 Å². The molecule has 0 saturated carbocycles. The van der Waals surface area contributed by atoms with Crippen LogP contribution in [-0.2, 0) is 0 Å². The predicted octanol–water partition coefficient (Wildman–Crippen LogP) is 0.740. The van der Waals surface area contributed by atoms with Gasteiger partial charge in [-0.1, -0.05) is 6.07 Å². The molecular weight excluding hydrogens is 253 g/mol. The van der Waals surface area contributed by atoms with E-state index in [4.69, 9.17) is 5.73 Å². The van der Waals surface area contributed by atoms with Crippen molar-refractivity contribution < 1.29 is 9.50 Å². The highest BCUT2D eigenvalue weighted by Gasteiger charge is 2.16. The number of phenolic OH excluding ortho intramolecular Hbond substituents is 1. The number of imidazole rings is 1. The minimum absolute atomic E-state index is 0.00852. The lowest BCUT2D eigenvalue weighted by atomic mass is 10.2. The molecule has 1 aromatic carbocycles. The Bertz CT molecular complexity index is 818. The average molecular weight is 261 g/mol. The van der Waals surface area contributed by atoms with Crippen LogP contribution < -0.4 is 11.3 Å². The Morgan fingerprint density at radius 3 is 2.79 bits per heavy atom. The zero-order valence-corrected chi connectivity index (χ0v) is 9.44. The highest BCUT2D eigenvalue weighted by Crippen LogP contribution is 2.30. The van der Waals surface area contributed by atoms with Gasteiger partial charge in [-0.25, -0.2) is 9.37 Å². The van der Waals surface area contributed by atoms with Gasteiger partial charge in [0.05, 0.1) is 5.56 Å². The highest BCUT2D eigenvalue weighted by molar-refractivity contribution is 5.77. The van der Waals surface area contributed by atoms with Crippen LogP contribution in [0.4, 0.5) is 10.3 Å². The number of nitrogens with one attached hydrogen (secondary N) is 2. The van der Waals surface area contributed by atoms with Gasteiger partial charge in [0.25, 0.3) is 5.56 Å². The molecule has 19 heavy (non-hydrogen) atoms. The number of aromatic amines is 2. The second-order valence-electron chi connectivity index (χ2n) is 3.87. The fourth-order valence-corrected chi connectivity index (χ4v) is 1.79. The summed E-state index contributed by atoms with van der Waals surface area (Å²) in [5.74, 6) is -1.03. The Balaban J connectivity index is 2.33. The molecule has 2 heterocycles. The van der Waals surface area contributed by atoms with Gasteiger partial charge in [0.15, 0.2) is 11.2 Å². The van der Waals surface area contributed by atoms with Gasteiger partial charge in [0.1, 0.15) is 17.4 Å². The molecular formula is C11H8FN5O2. The molecule has 0 aliphatic carbocycles. The summed E-state index contributed by atoms with van der Waals surface area (Å²) in [6.07, 6.45) is 0. The number of anilines is 1. The van der Waals surface area contributed by atoms with E-state index in [1.54, 1.807) is 0 Å². The van der Waals surface area contributed by atoms with E-state index < -0.39 is 11.4 Å². The van der Waals surface area contributed by atoms with Crippen molar-refractivity contribution >= 4 is 17.1 Å². The minimum Gasteiger partial charge on any atom is -0.507 e. The largest absolute Gasteiger partial charge is 0.507 e. The van der Waals surface area contributed by atoms with Crippen molar-refractivity contribution in [2.45, 2.75) is 0 Å². The number of benzene rings is 1. The average Bonchev–Trinajstić information content (AvgIpc) is 2.72. The summed E-state index contributed by atoms with van der Waals surface area (Å²) in [6, 6.07) is 3.85. The zero-order chi connectivity index (χ0) is 13.6. The molecule has 0 spiro atoms. The SMILES string of the molecule is Nc1nc2nc(-c3c(O)cccc3F)[nH]c2c(=O)[nH]1. The molecule has 2 aromatic heterocycles. The van der Waals surface area contributed by atoms with Crippen LogP contribution in [0.3, 0.4) is 0 Å². The lowest BCUT2D eigenvalue weighted by Gasteiger charge is -2.01. The predicted molar refractivity (Wildman–Crippen MR) is 66.0 cm³/mol. The first-order chi connectivity index (χ1) is 9.06. The summed E-state index contributed by atoms with van der Waals surface area (Å²) in [7, 11) is 0. The maximum Gasteiger partial charge on any atom is 0.278 e. The molecule has 0 aliphatic rings. The van der Waals surface area contributed by atoms with Crippen molar-refractivity contribution in [2.75, 3.05) is 5.73 Å². The van der Waals surface area contributed by atoms with Crippen molar-refractivity contribution in [3.05, 3.63) is 34.4 Å². The number of H-pyrrole nitrogens is 2. The number of phenols is 1. The van der Waals surface area contributed by atoms with E-state index >= 15 is 0 Å². The molecule has 0 amide bonds. The van der Waals surface area contributed by atoms with Gasteiger partial charge in [-0.05, 0) is 12.1 Å². The number of nitrogen functional groups attached to an aromatic ring is 1. The number of aromatic nitrogens is 4. The number of hydrogen-bond acceptors (Lipinski definition) is 5. The van der Waals surface area contributed by atoms with Gasteiger partial charge in [0.2, 0.25) is 5.95 Å². The molecule has 0 radical (unpaired) electrons. The van der Waals surface area contributed by atoms with Crippen LogP contribution in [0.25, 0.3) is 22.6 Å². The van der Waals surface area contributed by atoms with Crippen LogP contribution >= 0.6 is 0 Å². The monoisotopic (exact) mass is 261 g/mol. The Kier molecular flexibility index (Phi) is 2.24. The van der Waals surface area contributed by atoms with E-state index in [-0.39, 0.29) is 34.2 Å². The zero-order valence-electron chi connectivity index (χ0n) is 9.44. The maximum absolute atomic E-state index is 13.7. The van der Waals surface area contributed by atoms with E-state index in [9.17, 15) is 14.3 Å². The first-order valence-electron chi connectivity index (χ1n) is 5.29. The number of nitrogens with two attached hydrogens (primary N) is 1. The van der Waals surface area contributed by atoms with Crippen LogP contribution in [0.1, 0.15) is 0 Å². The Morgan fingerprint density at radius 2 is 2.05 bits per heavy atom. The summed E-state index contributed by atoms with van der Waals surface area (Å²) < 4.78 is 13.7. The van der Waals surface area contributed by atoms with Gasteiger partial charge >= 0.3 is 0 Å². The molecule has 96 valence electrons. The molecule has 3 aromatic rings. The van der Waals surface area contributed by atoms with E-state index in [1.165, 1.54) is 18.2 Å². The highest BCUT2D eigenvalue weighted by atomic mass is 19.1. The number of rotatable bonds is 1. The number of aromatic hydroxyl groups is 1. The third kappa shape index (κ3) is 1.69. The Morgan fingerprint density at radius 1 is 1.26 bits per heavy atom. The summed E-state index contributed by atoms with van der Waals surface area (Å²) in [6.45, 7) is 0. The smallest absolute Gasteiger partial charge is 0.278 e. The number of halogens is 1. The second-order valence-corrected chi connectivity index (χ2v) is 3.87. The summed E-state index contributed by atoms with van der Waals surface area (Å²) in [4.78, 5) is 24.3. The van der Waals surface area contributed by atoms with Crippen LogP contribution in [0.5, 0.6) is 5.75 Å². The first kappa shape index (κ1) is 11.2. The molecule has 8 heteroatoms. The van der Waals surface area contributed by atoms with Crippen molar-refractivity contribution in [1.82, 2.24) is 19.9 Å². The summed E-state index contributed by atoms with van der Waals surface area (Å²) >= 11 is 0. The van der Waals surface area contributed by atoms with E-state index in [1.807, 2.05) is 0 Å². The van der Waals surface area contributed by atoms with Gasteiger partial charge in [-0.15, -0.1) is 0 Å². The van der Waals surface area contributed by atoms with E-state index in [2.05, 4.69) is 19.9 Å². The van der Waals surface area contributed by atoms with Crippen LogP contribution in [-0.4, -0.2) is 25.0 Å². The third-order valence-corrected chi connectivity index (χ3v) is 2.61. The maximum atomic E-state index is 13.7. The summed E-state index contributed by atoms with van der Waals surface area (Å²) in [5, 5.41) is 9.66. The molecule has 3 rings (SSSR count). The molecule has 0 aliphatic heterocycles. The number of hydrogen-bond donors (Lipinski definition) is 4. The number of fused-ring (bicyclic) bond motifs is 1. The standard InChI is InChI=1S/C11H8FN5O2/c12-4-2-1-3-5(18)6(4)8-14-7-9(15-8)16-11(13)17-10(7)19/h1-3,18H,(H4,13,14,15,16,17,19). The lowest BCUT2D eigenvalue weighted by Crippen LogP contribution is -2.10. The fourth-order valence-electron chi connectivity index (χ4n) is 1.79. The van der Waals surface area contributed by atoms with Gasteiger partial charge in [-0.2, -0.15) is 4.98 Å². The van der Waals surface area contributed by atoms with Crippen LogP contribution in [0.15, 0.2) is 23.0 Å². The minimum atomic E-state index is -0.663. The lowest BCUT2D eigenvalue weighted by molar-refractivity contribution is 0.471. The van der Waals surface area contributed by atoms with Gasteiger partial charge in [-0.3, -0.25) is 9.78 Å². The van der Waals surface area contributed by atoms with Crippen molar-refractivity contribution in [3.63, 3.8) is 0 Å². The molecule has 0 atom stereocenters. The summed E-state index contributed by atoms with van der Waals surface area (Å²) in [5.41, 5.74) is 4.86. The first-order valence-corrected chi connectivity index (χ1v) is 5.29. The second kappa shape index (κ2) is 3.80. The van der Waals surface area contributed by atoms with Gasteiger partial charge in [0, 0.05) is 0 Å².